The standard InChI is InChI=1S/C22H32F2N4O4/c1-15(16-5-7-27(8-6-16)21(29)32-22(2,3)4)25-9-11-26(12-10-25)20-18(23)13-17(28(30)31)14-19(20)24/h13-16H,5-12H2,1-4H3. The molecule has 0 radical (unpaired) electrons. The number of carbonyl (C=O) groups excluding carboxylic acids is 1. The van der Waals surface area contributed by atoms with Gasteiger partial charge < -0.3 is 14.5 Å². The van der Waals surface area contributed by atoms with Crippen LogP contribution in [-0.2, 0) is 4.74 Å². The SMILES string of the molecule is CC(C1CCN(C(=O)OC(C)(C)C)CC1)N1CCN(c2c(F)cc([N+](=O)[O-])cc2F)CC1. The van der Waals surface area contributed by atoms with Crippen molar-refractivity contribution in [3.63, 3.8) is 0 Å². The molecule has 2 fully saturated rings. The van der Waals surface area contributed by atoms with Gasteiger partial charge in [0.2, 0.25) is 0 Å². The van der Waals surface area contributed by atoms with Crippen LogP contribution < -0.4 is 4.90 Å². The smallest absolute Gasteiger partial charge is 0.410 e. The molecular formula is C22H32F2N4O4. The Morgan fingerprint density at radius 1 is 1.09 bits per heavy atom. The number of amides is 1. The lowest BCUT2D eigenvalue weighted by atomic mass is 9.89. The summed E-state index contributed by atoms with van der Waals surface area (Å²) in [6.45, 7) is 11.2. The van der Waals surface area contributed by atoms with Crippen LogP contribution in [0, 0.1) is 27.7 Å². The molecule has 1 amide bonds. The third-order valence-corrected chi connectivity index (χ3v) is 6.29. The van der Waals surface area contributed by atoms with E-state index in [1.807, 2.05) is 20.8 Å². The number of nitrogens with zero attached hydrogens (tertiary/aromatic N) is 4. The highest BCUT2D eigenvalue weighted by Crippen LogP contribution is 2.30. The van der Waals surface area contributed by atoms with Gasteiger partial charge in [-0.1, -0.05) is 0 Å². The number of piperazine rings is 1. The molecule has 1 aromatic carbocycles. The third-order valence-electron chi connectivity index (χ3n) is 6.29. The lowest BCUT2D eigenvalue weighted by Gasteiger charge is -2.43. The molecule has 178 valence electrons. The van der Waals surface area contributed by atoms with Crippen molar-refractivity contribution in [1.29, 1.82) is 0 Å². The Balaban J connectivity index is 1.53. The van der Waals surface area contributed by atoms with Crippen molar-refractivity contribution in [1.82, 2.24) is 9.80 Å². The van der Waals surface area contributed by atoms with Crippen molar-refractivity contribution in [2.45, 2.75) is 52.2 Å². The van der Waals surface area contributed by atoms with Gasteiger partial charge in [0, 0.05) is 45.3 Å². The maximum Gasteiger partial charge on any atom is 0.410 e. The van der Waals surface area contributed by atoms with Crippen LogP contribution in [-0.4, -0.2) is 71.7 Å². The summed E-state index contributed by atoms with van der Waals surface area (Å²) in [5.74, 6) is -1.39. The van der Waals surface area contributed by atoms with Gasteiger partial charge in [-0.25, -0.2) is 13.6 Å². The summed E-state index contributed by atoms with van der Waals surface area (Å²) < 4.78 is 34.2. The van der Waals surface area contributed by atoms with Gasteiger partial charge in [-0.2, -0.15) is 0 Å². The van der Waals surface area contributed by atoms with Gasteiger partial charge in [0.1, 0.15) is 11.3 Å². The van der Waals surface area contributed by atoms with Crippen LogP contribution in [0.15, 0.2) is 12.1 Å². The zero-order valence-corrected chi connectivity index (χ0v) is 19.1. The third kappa shape index (κ3) is 5.65. The highest BCUT2D eigenvalue weighted by Gasteiger charge is 2.33. The zero-order chi connectivity index (χ0) is 23.6. The number of hydrogen-bond acceptors (Lipinski definition) is 6. The van der Waals surface area contributed by atoms with Crippen LogP contribution in [0.5, 0.6) is 0 Å². The van der Waals surface area contributed by atoms with E-state index in [4.69, 9.17) is 4.74 Å². The topological polar surface area (TPSA) is 79.2 Å². The highest BCUT2D eigenvalue weighted by molar-refractivity contribution is 5.68. The van der Waals surface area contributed by atoms with E-state index in [9.17, 15) is 23.7 Å². The van der Waals surface area contributed by atoms with Crippen molar-refractivity contribution >= 4 is 17.5 Å². The van der Waals surface area contributed by atoms with E-state index in [-0.39, 0.29) is 17.8 Å². The van der Waals surface area contributed by atoms with Crippen molar-refractivity contribution < 1.29 is 23.2 Å². The molecule has 10 heteroatoms. The summed E-state index contributed by atoms with van der Waals surface area (Å²) in [4.78, 5) is 27.9. The maximum absolute atomic E-state index is 14.4. The number of likely N-dealkylation sites (tertiary alicyclic amines) is 1. The fraction of sp³-hybridized carbons (Fsp3) is 0.682. The van der Waals surface area contributed by atoms with Crippen LogP contribution in [0.25, 0.3) is 0 Å². The summed E-state index contributed by atoms with van der Waals surface area (Å²) in [6, 6.07) is 1.82. The van der Waals surface area contributed by atoms with E-state index in [0.717, 1.165) is 25.0 Å². The van der Waals surface area contributed by atoms with E-state index < -0.39 is 27.8 Å². The van der Waals surface area contributed by atoms with Gasteiger partial charge in [0.25, 0.3) is 5.69 Å². The van der Waals surface area contributed by atoms with E-state index in [0.29, 0.717) is 45.2 Å². The molecular weight excluding hydrogens is 422 g/mol. The second kappa shape index (κ2) is 9.56. The Morgan fingerprint density at radius 2 is 1.62 bits per heavy atom. The van der Waals surface area contributed by atoms with Crippen LogP contribution in [0.3, 0.4) is 0 Å². The Bertz CT molecular complexity index is 822. The van der Waals surface area contributed by atoms with Crippen LogP contribution in [0.1, 0.15) is 40.5 Å². The van der Waals surface area contributed by atoms with Crippen molar-refractivity contribution in [2.24, 2.45) is 5.92 Å². The van der Waals surface area contributed by atoms with E-state index in [1.165, 1.54) is 0 Å². The average Bonchev–Trinajstić information content (AvgIpc) is 2.72. The molecule has 0 aliphatic carbocycles. The molecule has 0 spiro atoms. The molecule has 0 bridgehead atoms. The molecule has 2 aliphatic rings. The molecule has 0 N–H and O–H groups in total. The Labute approximate surface area is 187 Å². The predicted molar refractivity (Wildman–Crippen MR) is 117 cm³/mol. The fourth-order valence-corrected chi connectivity index (χ4v) is 4.50. The molecule has 0 aromatic heterocycles. The van der Waals surface area contributed by atoms with Crippen LogP contribution in [0.2, 0.25) is 0 Å². The number of non-ortho nitro benzene ring substituents is 1. The van der Waals surface area contributed by atoms with Gasteiger partial charge in [-0.3, -0.25) is 15.0 Å². The predicted octanol–water partition coefficient (Wildman–Crippen LogP) is 4.03. The molecule has 1 atom stereocenters. The van der Waals surface area contributed by atoms with Gasteiger partial charge in [-0.05, 0) is 46.5 Å². The van der Waals surface area contributed by atoms with Crippen molar-refractivity contribution in [3.8, 4) is 0 Å². The number of nitro benzene ring substituents is 1. The molecule has 0 saturated carbocycles. The number of nitro groups is 1. The first-order valence-corrected chi connectivity index (χ1v) is 11.1. The lowest BCUT2D eigenvalue weighted by Crippen LogP contribution is -2.53. The molecule has 32 heavy (non-hydrogen) atoms. The summed E-state index contributed by atoms with van der Waals surface area (Å²) in [6.07, 6.45) is 1.49. The summed E-state index contributed by atoms with van der Waals surface area (Å²) in [7, 11) is 0. The number of piperidine rings is 1. The Kier molecular flexibility index (Phi) is 7.22. The van der Waals surface area contributed by atoms with E-state index in [1.54, 1.807) is 9.80 Å². The molecule has 1 unspecified atom stereocenters. The fourth-order valence-electron chi connectivity index (χ4n) is 4.50. The highest BCUT2D eigenvalue weighted by atomic mass is 19.1. The summed E-state index contributed by atoms with van der Waals surface area (Å²) in [5, 5.41) is 10.8. The second-order valence-corrected chi connectivity index (χ2v) is 9.58. The maximum atomic E-state index is 14.4. The molecule has 2 saturated heterocycles. The van der Waals surface area contributed by atoms with Crippen LogP contribution >= 0.6 is 0 Å². The number of halogens is 2. The quantitative estimate of drug-likeness (QED) is 0.505. The lowest BCUT2D eigenvalue weighted by molar-refractivity contribution is -0.385. The second-order valence-electron chi connectivity index (χ2n) is 9.58. The van der Waals surface area contributed by atoms with Crippen LogP contribution in [0.4, 0.5) is 25.0 Å². The molecule has 1 aromatic rings. The van der Waals surface area contributed by atoms with Gasteiger partial charge in [0.05, 0.1) is 17.1 Å². The number of anilines is 1. The first-order chi connectivity index (χ1) is 15.0. The summed E-state index contributed by atoms with van der Waals surface area (Å²) in [5.41, 5.74) is -1.30. The summed E-state index contributed by atoms with van der Waals surface area (Å²) >= 11 is 0. The number of hydrogen-bond donors (Lipinski definition) is 0. The molecule has 2 aliphatic heterocycles. The largest absolute Gasteiger partial charge is 0.444 e. The minimum absolute atomic E-state index is 0.200. The number of carbonyl (C=O) groups is 1. The number of rotatable bonds is 4. The number of ether oxygens (including phenoxy) is 1. The van der Waals surface area contributed by atoms with Gasteiger partial charge >= 0.3 is 6.09 Å². The Morgan fingerprint density at radius 3 is 2.09 bits per heavy atom. The molecule has 3 rings (SSSR count). The normalized spacial score (nSPS) is 19.7. The molecule has 2 heterocycles. The Hall–Kier alpha value is -2.49. The van der Waals surface area contributed by atoms with Crippen molar-refractivity contribution in [3.05, 3.63) is 33.9 Å². The van der Waals surface area contributed by atoms with Gasteiger partial charge in [-0.15, -0.1) is 0 Å². The van der Waals surface area contributed by atoms with Gasteiger partial charge in [0.15, 0.2) is 11.6 Å². The minimum Gasteiger partial charge on any atom is -0.444 e. The average molecular weight is 455 g/mol. The monoisotopic (exact) mass is 454 g/mol. The number of benzene rings is 1. The van der Waals surface area contributed by atoms with Crippen molar-refractivity contribution in [2.75, 3.05) is 44.2 Å². The van der Waals surface area contributed by atoms with E-state index in [2.05, 4.69) is 11.8 Å². The zero-order valence-electron chi connectivity index (χ0n) is 19.1. The van der Waals surface area contributed by atoms with E-state index >= 15 is 0 Å². The first kappa shape index (κ1) is 24.2. The molecule has 8 nitrogen and oxygen atoms in total. The first-order valence-electron chi connectivity index (χ1n) is 11.1. The minimum atomic E-state index is -0.910.